The summed E-state index contributed by atoms with van der Waals surface area (Å²) >= 11 is 0. The van der Waals surface area contributed by atoms with Crippen molar-refractivity contribution in [2.75, 3.05) is 6.61 Å². The first kappa shape index (κ1) is 11.1. The van der Waals surface area contributed by atoms with Gasteiger partial charge in [-0.1, -0.05) is 0 Å². The molecule has 2 heterocycles. The zero-order valence-corrected chi connectivity index (χ0v) is 9.20. The highest BCUT2D eigenvalue weighted by atomic mass is 16.5. The molecular formula is C11H11N3O3. The van der Waals surface area contributed by atoms with E-state index >= 15 is 0 Å². The van der Waals surface area contributed by atoms with E-state index in [-0.39, 0.29) is 5.69 Å². The van der Waals surface area contributed by atoms with Crippen LogP contribution in [0.1, 0.15) is 17.4 Å². The molecule has 0 aliphatic carbocycles. The highest BCUT2D eigenvalue weighted by molar-refractivity contribution is 5.85. The molecule has 2 aromatic rings. The van der Waals surface area contributed by atoms with Gasteiger partial charge in [0.1, 0.15) is 0 Å². The monoisotopic (exact) mass is 233 g/mol. The number of carbonyl (C=O) groups is 1. The van der Waals surface area contributed by atoms with Gasteiger partial charge >= 0.3 is 5.97 Å². The first-order chi connectivity index (χ1) is 8.22. The summed E-state index contributed by atoms with van der Waals surface area (Å²) in [6.07, 6.45) is 3.13. The number of carboxylic acids is 1. The van der Waals surface area contributed by atoms with Gasteiger partial charge in [-0.25, -0.2) is 14.5 Å². The van der Waals surface area contributed by atoms with Gasteiger partial charge in [0.05, 0.1) is 6.61 Å². The maximum atomic E-state index is 10.7. The van der Waals surface area contributed by atoms with Crippen molar-refractivity contribution < 1.29 is 14.6 Å². The molecule has 1 N–H and O–H groups in total. The van der Waals surface area contributed by atoms with Crippen LogP contribution in [0.4, 0.5) is 0 Å². The number of pyridine rings is 1. The van der Waals surface area contributed by atoms with E-state index in [1.807, 2.05) is 6.92 Å². The van der Waals surface area contributed by atoms with Gasteiger partial charge in [0.2, 0.25) is 0 Å². The first-order valence-electron chi connectivity index (χ1n) is 5.09. The van der Waals surface area contributed by atoms with Crippen LogP contribution in [-0.4, -0.2) is 32.4 Å². The van der Waals surface area contributed by atoms with Gasteiger partial charge < -0.3 is 9.84 Å². The summed E-state index contributed by atoms with van der Waals surface area (Å²) in [6, 6.07) is 4.91. The summed E-state index contributed by atoms with van der Waals surface area (Å²) in [5.41, 5.74) is -0.0295. The van der Waals surface area contributed by atoms with E-state index < -0.39 is 5.97 Å². The average Bonchev–Trinajstić information content (AvgIpc) is 2.79. The maximum absolute atomic E-state index is 10.7. The second kappa shape index (κ2) is 4.65. The molecule has 2 rings (SSSR count). The molecule has 0 atom stereocenters. The highest BCUT2D eigenvalue weighted by Crippen LogP contribution is 2.19. The number of aromatic nitrogens is 3. The second-order valence-corrected chi connectivity index (χ2v) is 3.21. The van der Waals surface area contributed by atoms with Gasteiger partial charge in [0, 0.05) is 12.4 Å². The summed E-state index contributed by atoms with van der Waals surface area (Å²) in [5.74, 6) is -0.0328. The van der Waals surface area contributed by atoms with Gasteiger partial charge in [-0.2, -0.15) is 5.10 Å². The largest absolute Gasteiger partial charge is 0.490 e. The van der Waals surface area contributed by atoms with Crippen molar-refractivity contribution >= 4 is 5.97 Å². The van der Waals surface area contributed by atoms with E-state index in [0.29, 0.717) is 18.2 Å². The molecule has 0 fully saturated rings. The minimum Gasteiger partial charge on any atom is -0.490 e. The zero-order valence-electron chi connectivity index (χ0n) is 9.20. The summed E-state index contributed by atoms with van der Waals surface area (Å²) in [5, 5.41) is 12.7. The van der Waals surface area contributed by atoms with Crippen molar-refractivity contribution in [3.8, 4) is 11.6 Å². The van der Waals surface area contributed by atoms with Crippen LogP contribution in [-0.2, 0) is 0 Å². The van der Waals surface area contributed by atoms with Crippen LogP contribution in [0.3, 0.4) is 0 Å². The first-order valence-corrected chi connectivity index (χ1v) is 5.09. The quantitative estimate of drug-likeness (QED) is 0.862. The number of rotatable bonds is 4. The van der Waals surface area contributed by atoms with Crippen molar-refractivity contribution in [2.45, 2.75) is 6.92 Å². The molecule has 6 heteroatoms. The van der Waals surface area contributed by atoms with Crippen LogP contribution >= 0.6 is 0 Å². The van der Waals surface area contributed by atoms with E-state index in [9.17, 15) is 4.79 Å². The Hall–Kier alpha value is -2.37. The molecule has 0 amide bonds. The van der Waals surface area contributed by atoms with E-state index in [2.05, 4.69) is 10.1 Å². The molecule has 88 valence electrons. The predicted octanol–water partition coefficient (Wildman–Crippen LogP) is 1.36. The molecule has 2 aromatic heterocycles. The second-order valence-electron chi connectivity index (χ2n) is 3.21. The molecule has 0 spiro atoms. The number of ether oxygens (including phenoxy) is 1. The smallest absolute Gasteiger partial charge is 0.356 e. The van der Waals surface area contributed by atoms with Crippen LogP contribution in [0.5, 0.6) is 5.75 Å². The third kappa shape index (κ3) is 2.25. The summed E-state index contributed by atoms with van der Waals surface area (Å²) in [4.78, 5) is 14.9. The number of carboxylic acid groups (broad SMARTS) is 1. The van der Waals surface area contributed by atoms with Crippen LogP contribution in [0.25, 0.3) is 5.82 Å². The number of aromatic carboxylic acids is 1. The molecule has 0 unspecified atom stereocenters. The predicted molar refractivity (Wildman–Crippen MR) is 59.5 cm³/mol. The Labute approximate surface area is 97.5 Å². The molecule has 0 saturated carbocycles. The third-order valence-corrected chi connectivity index (χ3v) is 2.08. The lowest BCUT2D eigenvalue weighted by atomic mass is 10.4. The van der Waals surface area contributed by atoms with Gasteiger partial charge in [-0.3, -0.25) is 0 Å². The molecule has 0 aliphatic rings. The summed E-state index contributed by atoms with van der Waals surface area (Å²) < 4.78 is 6.77. The number of nitrogens with zero attached hydrogens (tertiary/aromatic N) is 3. The molecule has 17 heavy (non-hydrogen) atoms. The van der Waals surface area contributed by atoms with Gasteiger partial charge in [0.25, 0.3) is 0 Å². The Morgan fingerprint density at radius 2 is 2.35 bits per heavy atom. The van der Waals surface area contributed by atoms with E-state index in [1.54, 1.807) is 18.3 Å². The lowest BCUT2D eigenvalue weighted by Gasteiger charge is -2.07. The molecule has 0 bridgehead atoms. The Bertz CT molecular complexity index is 536. The fourth-order valence-corrected chi connectivity index (χ4v) is 1.38. The zero-order chi connectivity index (χ0) is 12.3. The topological polar surface area (TPSA) is 77.2 Å². The van der Waals surface area contributed by atoms with E-state index in [0.717, 1.165) is 0 Å². The maximum Gasteiger partial charge on any atom is 0.356 e. The van der Waals surface area contributed by atoms with E-state index in [1.165, 1.54) is 16.9 Å². The summed E-state index contributed by atoms with van der Waals surface area (Å²) in [6.45, 7) is 2.37. The van der Waals surface area contributed by atoms with Crippen molar-refractivity contribution in [1.29, 1.82) is 0 Å². The lowest BCUT2D eigenvalue weighted by Crippen LogP contribution is -2.05. The van der Waals surface area contributed by atoms with Crippen molar-refractivity contribution in [3.63, 3.8) is 0 Å². The number of hydrogen-bond donors (Lipinski definition) is 1. The van der Waals surface area contributed by atoms with Crippen molar-refractivity contribution in [2.24, 2.45) is 0 Å². The fourth-order valence-electron chi connectivity index (χ4n) is 1.38. The van der Waals surface area contributed by atoms with Gasteiger partial charge in [-0.05, 0) is 25.1 Å². The molecule has 0 radical (unpaired) electrons. The van der Waals surface area contributed by atoms with Crippen LogP contribution in [0, 0.1) is 0 Å². The Morgan fingerprint density at radius 1 is 1.53 bits per heavy atom. The van der Waals surface area contributed by atoms with Crippen LogP contribution in [0.2, 0.25) is 0 Å². The Balaban J connectivity index is 2.41. The van der Waals surface area contributed by atoms with Crippen molar-refractivity contribution in [1.82, 2.24) is 14.8 Å². The fraction of sp³-hybridized carbons (Fsp3) is 0.182. The standard InChI is InChI=1S/C11H11N3O3/c1-2-17-9-4-3-6-12-10(9)14-7-5-8(13-14)11(15)16/h3-7H,2H2,1H3,(H,15,16). The molecule has 0 aliphatic heterocycles. The molecule has 6 nitrogen and oxygen atoms in total. The minimum absolute atomic E-state index is 0.0295. The molecule has 0 aromatic carbocycles. The van der Waals surface area contributed by atoms with Crippen molar-refractivity contribution in [3.05, 3.63) is 36.3 Å². The molecular weight excluding hydrogens is 222 g/mol. The van der Waals surface area contributed by atoms with Gasteiger partial charge in [-0.15, -0.1) is 0 Å². The number of hydrogen-bond acceptors (Lipinski definition) is 4. The third-order valence-electron chi connectivity index (χ3n) is 2.08. The average molecular weight is 233 g/mol. The Kier molecular flexibility index (Phi) is 3.04. The highest BCUT2D eigenvalue weighted by Gasteiger charge is 2.11. The SMILES string of the molecule is CCOc1cccnc1-n1ccc(C(=O)O)n1. The lowest BCUT2D eigenvalue weighted by molar-refractivity contribution is 0.0690. The van der Waals surface area contributed by atoms with Crippen LogP contribution < -0.4 is 4.74 Å². The van der Waals surface area contributed by atoms with E-state index in [4.69, 9.17) is 9.84 Å². The Morgan fingerprint density at radius 3 is 3.00 bits per heavy atom. The summed E-state index contributed by atoms with van der Waals surface area (Å²) in [7, 11) is 0. The van der Waals surface area contributed by atoms with Gasteiger partial charge in [0.15, 0.2) is 17.3 Å². The normalized spacial score (nSPS) is 10.2. The molecule has 0 saturated heterocycles. The van der Waals surface area contributed by atoms with Crippen LogP contribution in [0.15, 0.2) is 30.6 Å². The minimum atomic E-state index is -1.07.